The number of alkyl halides is 3. The number of carboxylic acid groups (broad SMARTS) is 1. The third-order valence-electron chi connectivity index (χ3n) is 4.43. The maximum Gasteiger partial charge on any atom is 0.412 e. The summed E-state index contributed by atoms with van der Waals surface area (Å²) in [5.74, 6) is -0.665. The predicted molar refractivity (Wildman–Crippen MR) is 112 cm³/mol. The number of rotatable bonds is 8. The second-order valence-corrected chi connectivity index (χ2v) is 7.28. The van der Waals surface area contributed by atoms with E-state index in [1.165, 1.54) is 18.2 Å². The molecule has 0 heterocycles. The fourth-order valence-corrected chi connectivity index (χ4v) is 3.36. The third kappa shape index (κ3) is 6.39. The molecular formula is C23H19ClF3NO3. The molecule has 3 aromatic rings. The van der Waals surface area contributed by atoms with Gasteiger partial charge in [0.15, 0.2) is 0 Å². The largest absolute Gasteiger partial charge is 0.489 e. The summed E-state index contributed by atoms with van der Waals surface area (Å²) in [6, 6.07) is 16.9. The highest BCUT2D eigenvalue weighted by molar-refractivity contribution is 6.30. The van der Waals surface area contributed by atoms with E-state index in [-0.39, 0.29) is 23.6 Å². The summed E-state index contributed by atoms with van der Waals surface area (Å²) in [6.07, 6.45) is -4.79. The number of para-hydroxylation sites is 2. The highest BCUT2D eigenvalue weighted by Crippen LogP contribution is 2.37. The maximum absolute atomic E-state index is 13.8. The molecule has 8 heteroatoms. The number of anilines is 1. The van der Waals surface area contributed by atoms with Gasteiger partial charge >= 0.3 is 12.1 Å². The van der Waals surface area contributed by atoms with Gasteiger partial charge in [0, 0.05) is 16.3 Å². The molecule has 0 fully saturated rings. The van der Waals surface area contributed by atoms with Crippen LogP contribution in [0.25, 0.3) is 0 Å². The number of hydrogen-bond acceptors (Lipinski definition) is 3. The number of aliphatic carboxylic acids is 1. The summed E-state index contributed by atoms with van der Waals surface area (Å²) in [5, 5.41) is 11.7. The normalized spacial score (nSPS) is 12.3. The molecule has 0 spiro atoms. The fraction of sp³-hybridized carbons (Fsp3) is 0.174. The maximum atomic E-state index is 13.8. The van der Waals surface area contributed by atoms with Gasteiger partial charge in [-0.2, -0.15) is 13.2 Å². The molecule has 0 saturated carbocycles. The lowest BCUT2D eigenvalue weighted by atomic mass is 10.0. The second-order valence-electron chi connectivity index (χ2n) is 6.84. The van der Waals surface area contributed by atoms with Crippen molar-refractivity contribution in [2.24, 2.45) is 0 Å². The number of benzene rings is 3. The Morgan fingerprint density at radius 2 is 1.71 bits per heavy atom. The van der Waals surface area contributed by atoms with Gasteiger partial charge in [0.1, 0.15) is 18.4 Å². The van der Waals surface area contributed by atoms with Gasteiger partial charge in [0.2, 0.25) is 0 Å². The molecule has 31 heavy (non-hydrogen) atoms. The Morgan fingerprint density at radius 1 is 1.03 bits per heavy atom. The summed E-state index contributed by atoms with van der Waals surface area (Å²) in [7, 11) is 0. The van der Waals surface area contributed by atoms with Gasteiger partial charge in [-0.1, -0.05) is 48.0 Å². The highest BCUT2D eigenvalue weighted by atomic mass is 35.5. The van der Waals surface area contributed by atoms with Crippen molar-refractivity contribution in [2.45, 2.75) is 25.2 Å². The summed E-state index contributed by atoms with van der Waals surface area (Å²) >= 11 is 6.10. The topological polar surface area (TPSA) is 58.6 Å². The Balaban J connectivity index is 1.84. The summed E-state index contributed by atoms with van der Waals surface area (Å²) in [6.45, 7) is -0.0693. The number of carbonyl (C=O) groups is 1. The van der Waals surface area contributed by atoms with Crippen LogP contribution in [0.5, 0.6) is 5.75 Å². The molecule has 0 aliphatic carbocycles. The van der Waals surface area contributed by atoms with E-state index < -0.39 is 18.2 Å². The van der Waals surface area contributed by atoms with E-state index >= 15 is 0 Å². The lowest BCUT2D eigenvalue weighted by Crippen LogP contribution is -2.28. The molecule has 0 aliphatic rings. The second kappa shape index (κ2) is 9.75. The fourth-order valence-electron chi connectivity index (χ4n) is 3.10. The van der Waals surface area contributed by atoms with Gasteiger partial charge in [-0.3, -0.25) is 4.79 Å². The van der Waals surface area contributed by atoms with Crippen molar-refractivity contribution in [1.82, 2.24) is 0 Å². The first kappa shape index (κ1) is 22.5. The van der Waals surface area contributed by atoms with Crippen LogP contribution in [0.4, 0.5) is 18.9 Å². The summed E-state index contributed by atoms with van der Waals surface area (Å²) in [5.41, 5.74) is 1.17. The number of halogens is 4. The van der Waals surface area contributed by atoms with Crippen molar-refractivity contribution in [2.75, 3.05) is 5.32 Å². The van der Waals surface area contributed by atoms with Gasteiger partial charge in [-0.05, 0) is 47.5 Å². The van der Waals surface area contributed by atoms with Crippen LogP contribution in [0.3, 0.4) is 0 Å². The predicted octanol–water partition coefficient (Wildman–Crippen LogP) is 6.26. The van der Waals surface area contributed by atoms with E-state index in [4.69, 9.17) is 21.4 Å². The minimum absolute atomic E-state index is 0.0544. The zero-order valence-electron chi connectivity index (χ0n) is 16.2. The van der Waals surface area contributed by atoms with Gasteiger partial charge in [0.25, 0.3) is 0 Å². The van der Waals surface area contributed by atoms with Crippen LogP contribution < -0.4 is 10.1 Å². The molecule has 1 atom stereocenters. The first-order valence-corrected chi connectivity index (χ1v) is 9.70. The van der Waals surface area contributed by atoms with Crippen molar-refractivity contribution >= 4 is 23.3 Å². The van der Waals surface area contributed by atoms with Crippen LogP contribution >= 0.6 is 11.6 Å². The molecule has 2 N–H and O–H groups in total. The Kier molecular flexibility index (Phi) is 7.07. The van der Waals surface area contributed by atoms with Crippen LogP contribution in [-0.4, -0.2) is 17.3 Å². The SMILES string of the molecule is O=C(O)Cc1ccccc1OCc1cc(Cl)cc(C(Nc2ccccc2)C(F)(F)F)c1. The van der Waals surface area contributed by atoms with E-state index in [1.807, 2.05) is 0 Å². The van der Waals surface area contributed by atoms with Crippen molar-refractivity contribution in [3.05, 3.63) is 94.5 Å². The van der Waals surface area contributed by atoms with Crippen LogP contribution in [0.15, 0.2) is 72.8 Å². The number of nitrogens with one attached hydrogen (secondary N) is 1. The van der Waals surface area contributed by atoms with Crippen LogP contribution in [0.2, 0.25) is 5.02 Å². The van der Waals surface area contributed by atoms with Crippen LogP contribution in [0, 0.1) is 0 Å². The van der Waals surface area contributed by atoms with Crippen LogP contribution in [-0.2, 0) is 17.8 Å². The Labute approximate surface area is 182 Å². The zero-order chi connectivity index (χ0) is 22.4. The molecule has 4 nitrogen and oxygen atoms in total. The molecule has 0 radical (unpaired) electrons. The van der Waals surface area contributed by atoms with Crippen molar-refractivity contribution in [3.63, 3.8) is 0 Å². The van der Waals surface area contributed by atoms with Gasteiger partial charge in [-0.25, -0.2) is 0 Å². The molecule has 0 amide bonds. The van der Waals surface area contributed by atoms with E-state index in [0.29, 0.717) is 22.6 Å². The third-order valence-corrected chi connectivity index (χ3v) is 4.65. The number of ether oxygens (including phenoxy) is 1. The quantitative estimate of drug-likeness (QED) is 0.426. The highest BCUT2D eigenvalue weighted by Gasteiger charge is 2.41. The Bertz CT molecular complexity index is 1040. The lowest BCUT2D eigenvalue weighted by Gasteiger charge is -2.24. The van der Waals surface area contributed by atoms with E-state index in [0.717, 1.165) is 0 Å². The van der Waals surface area contributed by atoms with E-state index in [1.54, 1.807) is 54.6 Å². The smallest absolute Gasteiger partial charge is 0.412 e. The minimum atomic E-state index is -4.56. The Hall–Kier alpha value is -3.19. The Morgan fingerprint density at radius 3 is 2.39 bits per heavy atom. The van der Waals surface area contributed by atoms with Crippen molar-refractivity contribution < 1.29 is 27.8 Å². The van der Waals surface area contributed by atoms with Gasteiger partial charge < -0.3 is 15.2 Å². The molecule has 162 valence electrons. The monoisotopic (exact) mass is 449 g/mol. The number of carboxylic acids is 1. The number of hydrogen-bond donors (Lipinski definition) is 2. The first-order valence-electron chi connectivity index (χ1n) is 9.32. The van der Waals surface area contributed by atoms with E-state index in [2.05, 4.69) is 5.32 Å². The summed E-state index contributed by atoms with van der Waals surface area (Å²) < 4.78 is 47.1. The molecule has 0 aromatic heterocycles. The molecule has 0 aliphatic heterocycles. The summed E-state index contributed by atoms with van der Waals surface area (Å²) in [4.78, 5) is 11.0. The van der Waals surface area contributed by atoms with Gasteiger partial charge in [-0.15, -0.1) is 0 Å². The lowest BCUT2D eigenvalue weighted by molar-refractivity contribution is -0.144. The molecule has 0 bridgehead atoms. The molecular weight excluding hydrogens is 431 g/mol. The van der Waals surface area contributed by atoms with Gasteiger partial charge in [0.05, 0.1) is 6.42 Å². The molecule has 1 unspecified atom stereocenters. The zero-order valence-corrected chi connectivity index (χ0v) is 17.0. The van der Waals surface area contributed by atoms with Crippen molar-refractivity contribution in [1.29, 1.82) is 0 Å². The van der Waals surface area contributed by atoms with E-state index in [9.17, 15) is 18.0 Å². The average Bonchev–Trinajstić information content (AvgIpc) is 2.70. The van der Waals surface area contributed by atoms with Crippen molar-refractivity contribution in [3.8, 4) is 5.75 Å². The first-order chi connectivity index (χ1) is 14.7. The molecule has 3 aromatic carbocycles. The molecule has 0 saturated heterocycles. The average molecular weight is 450 g/mol. The standard InChI is InChI=1S/C23H19ClF3NO3/c24-18-11-15(14-31-20-9-5-4-6-16(20)13-21(29)30)10-17(12-18)22(23(25,26)27)28-19-7-2-1-3-8-19/h1-12,22,28H,13-14H2,(H,29,30). The minimum Gasteiger partial charge on any atom is -0.489 e. The molecule has 3 rings (SSSR count). The van der Waals surface area contributed by atoms with Crippen LogP contribution in [0.1, 0.15) is 22.7 Å².